The van der Waals surface area contributed by atoms with Crippen LogP contribution in [0.4, 0.5) is 0 Å². The molecule has 0 bridgehead atoms. The molecule has 6 heteroatoms. The number of nitrogens with one attached hydrogen (secondary N) is 1. The first-order valence-electron chi connectivity index (χ1n) is 9.81. The topological polar surface area (TPSA) is 75.4 Å². The van der Waals surface area contributed by atoms with Crippen molar-refractivity contribution in [1.82, 2.24) is 10.2 Å². The normalized spacial score (nSPS) is 26.1. The summed E-state index contributed by atoms with van der Waals surface area (Å²) in [6.07, 6.45) is 3.75. The molecule has 1 saturated carbocycles. The van der Waals surface area contributed by atoms with Crippen LogP contribution in [-0.2, 0) is 10.2 Å². The SMILES string of the molecule is CC(C)(C)c1ccc(C(=O)N2CSCC2C(=O)NC2CCC(N)CC2)cc1. The van der Waals surface area contributed by atoms with Crippen LogP contribution in [0.5, 0.6) is 0 Å². The molecule has 5 nitrogen and oxygen atoms in total. The van der Waals surface area contributed by atoms with E-state index in [4.69, 9.17) is 5.73 Å². The largest absolute Gasteiger partial charge is 0.352 e. The first-order chi connectivity index (χ1) is 12.8. The van der Waals surface area contributed by atoms with Gasteiger partial charge in [-0.25, -0.2) is 0 Å². The number of amides is 2. The number of benzene rings is 1. The standard InChI is InChI=1S/C21H31N3O2S/c1-21(2,3)15-6-4-14(5-7-15)20(26)24-13-27-12-18(24)19(25)23-17-10-8-16(22)9-11-17/h4-7,16-18H,8-13,22H2,1-3H3,(H,23,25). The van der Waals surface area contributed by atoms with E-state index >= 15 is 0 Å². The van der Waals surface area contributed by atoms with Gasteiger partial charge in [0.05, 0.1) is 5.88 Å². The first-order valence-corrected chi connectivity index (χ1v) is 11.0. The highest BCUT2D eigenvalue weighted by atomic mass is 32.2. The fraction of sp³-hybridized carbons (Fsp3) is 0.619. The molecule has 0 spiro atoms. The van der Waals surface area contributed by atoms with E-state index in [9.17, 15) is 9.59 Å². The minimum absolute atomic E-state index is 0.0277. The number of thioether (sulfide) groups is 1. The molecule has 148 valence electrons. The van der Waals surface area contributed by atoms with Gasteiger partial charge in [-0.05, 0) is 48.8 Å². The van der Waals surface area contributed by atoms with Crippen LogP contribution in [0.25, 0.3) is 0 Å². The number of rotatable bonds is 3. The highest BCUT2D eigenvalue weighted by Gasteiger charge is 2.36. The quantitative estimate of drug-likeness (QED) is 0.833. The lowest BCUT2D eigenvalue weighted by Gasteiger charge is -2.29. The lowest BCUT2D eigenvalue weighted by molar-refractivity contribution is -0.125. The number of carbonyl (C=O) groups excluding carboxylic acids is 2. The molecule has 27 heavy (non-hydrogen) atoms. The minimum atomic E-state index is -0.389. The van der Waals surface area contributed by atoms with Gasteiger partial charge in [-0.3, -0.25) is 9.59 Å². The maximum atomic E-state index is 13.0. The first kappa shape index (κ1) is 20.2. The summed E-state index contributed by atoms with van der Waals surface area (Å²) in [6.45, 7) is 6.46. The van der Waals surface area contributed by atoms with Crippen LogP contribution >= 0.6 is 11.8 Å². The average Bonchev–Trinajstić information content (AvgIpc) is 3.12. The molecule has 1 aliphatic carbocycles. The van der Waals surface area contributed by atoms with Crippen molar-refractivity contribution in [2.24, 2.45) is 5.73 Å². The fourth-order valence-corrected chi connectivity index (χ4v) is 4.85. The van der Waals surface area contributed by atoms with Crippen LogP contribution in [0.15, 0.2) is 24.3 Å². The Morgan fingerprint density at radius 2 is 1.74 bits per heavy atom. The van der Waals surface area contributed by atoms with Crippen LogP contribution in [0.2, 0.25) is 0 Å². The van der Waals surface area contributed by atoms with E-state index in [1.54, 1.807) is 16.7 Å². The maximum Gasteiger partial charge on any atom is 0.255 e. The molecule has 2 amide bonds. The van der Waals surface area contributed by atoms with Crippen LogP contribution in [0.3, 0.4) is 0 Å². The second-order valence-corrected chi connectivity index (χ2v) is 9.74. The molecule has 1 unspecified atom stereocenters. The zero-order chi connectivity index (χ0) is 19.6. The maximum absolute atomic E-state index is 13.0. The summed E-state index contributed by atoms with van der Waals surface area (Å²) in [6, 6.07) is 7.83. The van der Waals surface area contributed by atoms with Crippen molar-refractivity contribution in [3.05, 3.63) is 35.4 Å². The predicted molar refractivity (Wildman–Crippen MR) is 111 cm³/mol. The molecule has 0 aromatic heterocycles. The summed E-state index contributed by atoms with van der Waals surface area (Å²) >= 11 is 1.64. The van der Waals surface area contributed by atoms with Gasteiger partial charge in [0.1, 0.15) is 6.04 Å². The van der Waals surface area contributed by atoms with Crippen LogP contribution < -0.4 is 11.1 Å². The van der Waals surface area contributed by atoms with E-state index in [1.165, 1.54) is 5.56 Å². The lowest BCUT2D eigenvalue weighted by Crippen LogP contribution is -2.51. The average molecular weight is 390 g/mol. The molecule has 3 N–H and O–H groups in total. The predicted octanol–water partition coefficient (Wildman–Crippen LogP) is 2.89. The van der Waals surface area contributed by atoms with Crippen LogP contribution in [-0.4, -0.2) is 46.5 Å². The summed E-state index contributed by atoms with van der Waals surface area (Å²) in [5, 5.41) is 3.14. The Kier molecular flexibility index (Phi) is 6.16. The van der Waals surface area contributed by atoms with Crippen molar-refractivity contribution < 1.29 is 9.59 Å². The molecule has 1 aliphatic heterocycles. The molecule has 3 rings (SSSR count). The van der Waals surface area contributed by atoms with E-state index in [-0.39, 0.29) is 35.4 Å². The van der Waals surface area contributed by atoms with E-state index in [0.29, 0.717) is 17.2 Å². The third kappa shape index (κ3) is 4.85. The Hall–Kier alpha value is -1.53. The van der Waals surface area contributed by atoms with Crippen molar-refractivity contribution in [2.75, 3.05) is 11.6 Å². The zero-order valence-electron chi connectivity index (χ0n) is 16.5. The third-order valence-electron chi connectivity index (χ3n) is 5.56. The molecule has 1 aromatic carbocycles. The van der Waals surface area contributed by atoms with E-state index in [0.717, 1.165) is 25.7 Å². The summed E-state index contributed by atoms with van der Waals surface area (Å²) < 4.78 is 0. The highest BCUT2D eigenvalue weighted by Crippen LogP contribution is 2.26. The zero-order valence-corrected chi connectivity index (χ0v) is 17.3. The summed E-state index contributed by atoms with van der Waals surface area (Å²) in [5.41, 5.74) is 7.84. The Bertz CT molecular complexity index is 676. The Labute approximate surface area is 166 Å². The van der Waals surface area contributed by atoms with Gasteiger partial charge < -0.3 is 16.0 Å². The van der Waals surface area contributed by atoms with E-state index in [2.05, 4.69) is 26.1 Å². The Balaban J connectivity index is 1.64. The summed E-state index contributed by atoms with van der Waals surface area (Å²) in [7, 11) is 0. The van der Waals surface area contributed by atoms with Gasteiger partial charge in [0.25, 0.3) is 5.91 Å². The number of hydrogen-bond donors (Lipinski definition) is 2. The molecule has 0 radical (unpaired) electrons. The number of nitrogens with zero attached hydrogens (tertiary/aromatic N) is 1. The molecule has 1 aromatic rings. The van der Waals surface area contributed by atoms with Gasteiger partial charge in [0, 0.05) is 23.4 Å². The monoisotopic (exact) mass is 389 g/mol. The van der Waals surface area contributed by atoms with Crippen LogP contribution in [0.1, 0.15) is 62.4 Å². The van der Waals surface area contributed by atoms with Crippen LogP contribution in [0, 0.1) is 0 Å². The van der Waals surface area contributed by atoms with Crippen molar-refractivity contribution in [2.45, 2.75) is 70.0 Å². The number of carbonyl (C=O) groups is 2. The van der Waals surface area contributed by atoms with E-state index < -0.39 is 0 Å². The third-order valence-corrected chi connectivity index (χ3v) is 6.57. The molecule has 1 heterocycles. The lowest BCUT2D eigenvalue weighted by atomic mass is 9.86. The fourth-order valence-electron chi connectivity index (χ4n) is 3.70. The molecule has 1 saturated heterocycles. The molecule has 2 fully saturated rings. The van der Waals surface area contributed by atoms with Crippen molar-refractivity contribution >= 4 is 23.6 Å². The highest BCUT2D eigenvalue weighted by molar-refractivity contribution is 7.99. The molecule has 2 aliphatic rings. The van der Waals surface area contributed by atoms with Gasteiger partial charge in [-0.1, -0.05) is 32.9 Å². The van der Waals surface area contributed by atoms with Gasteiger partial charge in [-0.15, -0.1) is 11.8 Å². The second-order valence-electron chi connectivity index (χ2n) is 8.74. The smallest absolute Gasteiger partial charge is 0.255 e. The Morgan fingerprint density at radius 1 is 1.11 bits per heavy atom. The summed E-state index contributed by atoms with van der Waals surface area (Å²) in [4.78, 5) is 27.5. The molecular formula is C21H31N3O2S. The Morgan fingerprint density at radius 3 is 2.33 bits per heavy atom. The van der Waals surface area contributed by atoms with Crippen molar-refractivity contribution in [3.8, 4) is 0 Å². The second kappa shape index (κ2) is 8.23. The van der Waals surface area contributed by atoms with E-state index in [1.807, 2.05) is 24.3 Å². The van der Waals surface area contributed by atoms with Crippen molar-refractivity contribution in [3.63, 3.8) is 0 Å². The summed E-state index contributed by atoms with van der Waals surface area (Å²) in [5.74, 6) is 1.13. The van der Waals surface area contributed by atoms with Gasteiger partial charge >= 0.3 is 0 Å². The molecular weight excluding hydrogens is 358 g/mol. The number of nitrogens with two attached hydrogens (primary N) is 1. The molecule has 1 atom stereocenters. The van der Waals surface area contributed by atoms with Gasteiger partial charge in [-0.2, -0.15) is 0 Å². The minimum Gasteiger partial charge on any atom is -0.352 e. The van der Waals surface area contributed by atoms with Gasteiger partial charge in [0.2, 0.25) is 5.91 Å². The van der Waals surface area contributed by atoms with Crippen molar-refractivity contribution in [1.29, 1.82) is 0 Å². The number of hydrogen-bond acceptors (Lipinski definition) is 4. The van der Waals surface area contributed by atoms with Gasteiger partial charge in [0.15, 0.2) is 0 Å².